The van der Waals surface area contributed by atoms with E-state index in [9.17, 15) is 0 Å². The first-order valence-electron chi connectivity index (χ1n) is 40.6. The molecule has 10 heteroatoms. The van der Waals surface area contributed by atoms with Gasteiger partial charge in [0.1, 0.15) is 0 Å². The molecule has 0 saturated heterocycles. The fourth-order valence-electron chi connectivity index (χ4n) is 19.7. The number of nitrogens with zero attached hydrogens (tertiary/aromatic N) is 8. The van der Waals surface area contributed by atoms with Crippen LogP contribution in [0.5, 0.6) is 0 Å². The number of para-hydroxylation sites is 2. The molecule has 10 nitrogen and oxygen atoms in total. The van der Waals surface area contributed by atoms with Crippen molar-refractivity contribution in [3.8, 4) is 135 Å². The lowest BCUT2D eigenvalue weighted by atomic mass is 9.70. The lowest BCUT2D eigenvalue weighted by Crippen LogP contribution is -2.25. The number of aromatic nitrogens is 6. The van der Waals surface area contributed by atoms with Crippen LogP contribution >= 0.6 is 0 Å². The van der Waals surface area contributed by atoms with Gasteiger partial charge in [0.25, 0.3) is 0 Å². The van der Waals surface area contributed by atoms with Crippen molar-refractivity contribution < 1.29 is 8.83 Å². The van der Waals surface area contributed by atoms with E-state index in [0.29, 0.717) is 23.6 Å². The van der Waals surface area contributed by atoms with Gasteiger partial charge in [-0.1, -0.05) is 279 Å². The van der Waals surface area contributed by atoms with Crippen LogP contribution in [0.25, 0.3) is 146 Å². The third-order valence-electron chi connectivity index (χ3n) is 24.9. The van der Waals surface area contributed by atoms with E-state index in [2.05, 4.69) is 358 Å². The maximum absolute atomic E-state index is 6.27. The molecular weight excluding hydrogens is 1470 g/mol. The molecule has 2 spiro atoms. The fourth-order valence-corrected chi connectivity index (χ4v) is 19.7. The Hall–Kier alpha value is -16.0. The number of hydrogen-bond donors (Lipinski definition) is 0. The second-order valence-corrected chi connectivity index (χ2v) is 31.2. The van der Waals surface area contributed by atoms with Gasteiger partial charge in [0.15, 0.2) is 0 Å². The number of hydrogen-bond acceptors (Lipinski definition) is 10. The summed E-state index contributed by atoms with van der Waals surface area (Å²) in [5, 5.41) is 17.8. The van der Waals surface area contributed by atoms with Crippen LogP contribution < -0.4 is 9.80 Å². The average Bonchev–Trinajstić information content (AvgIpc) is 1.51. The summed E-state index contributed by atoms with van der Waals surface area (Å²) in [6.07, 6.45) is 0. The third kappa shape index (κ3) is 10.5. The molecule has 0 N–H and O–H groups in total. The predicted molar refractivity (Wildman–Crippen MR) is 481 cm³/mol. The van der Waals surface area contributed by atoms with Crippen LogP contribution in [-0.2, 0) is 10.8 Å². The van der Waals surface area contributed by atoms with Gasteiger partial charge in [0.2, 0.25) is 23.6 Å². The summed E-state index contributed by atoms with van der Waals surface area (Å²) >= 11 is 0. The molecule has 0 radical (unpaired) electrons. The monoisotopic (exact) mass is 1530 g/mol. The predicted octanol–water partition coefficient (Wildman–Crippen LogP) is 27.4. The van der Waals surface area contributed by atoms with E-state index in [-0.39, 0.29) is 0 Å². The Labute approximate surface area is 692 Å². The fraction of sp³-hybridized carbons (Fsp3) is 0.0182. The lowest BCUT2D eigenvalue weighted by Gasteiger charge is -2.31. The molecule has 17 aromatic carbocycles. The molecule has 20 aromatic rings. The molecule has 24 rings (SSSR count). The summed E-state index contributed by atoms with van der Waals surface area (Å²) in [5.74, 6) is 1.81. The van der Waals surface area contributed by atoms with Gasteiger partial charge in [-0.05, 0) is 234 Å². The first-order valence-corrected chi connectivity index (χ1v) is 40.6. The summed E-state index contributed by atoms with van der Waals surface area (Å²) in [7, 11) is 0. The Morgan fingerprint density at radius 3 is 0.683 bits per heavy atom. The minimum Gasteiger partial charge on any atom is -0.416 e. The van der Waals surface area contributed by atoms with Crippen molar-refractivity contribution in [2.75, 3.05) is 9.80 Å². The van der Waals surface area contributed by atoms with Crippen LogP contribution in [0.2, 0.25) is 0 Å². The first kappa shape index (κ1) is 68.4. The van der Waals surface area contributed by atoms with E-state index in [1.54, 1.807) is 0 Å². The summed E-state index contributed by atoms with van der Waals surface area (Å²) < 4.78 is 12.5. The van der Waals surface area contributed by atoms with Crippen LogP contribution in [0.4, 0.5) is 34.1 Å². The van der Waals surface area contributed by atoms with E-state index in [4.69, 9.17) is 18.8 Å². The van der Waals surface area contributed by atoms with E-state index < -0.39 is 10.8 Å². The maximum Gasteiger partial charge on any atom is 0.248 e. The summed E-state index contributed by atoms with van der Waals surface area (Å²) in [6, 6.07) is 148. The summed E-state index contributed by atoms with van der Waals surface area (Å²) in [6.45, 7) is 0. The van der Waals surface area contributed by atoms with E-state index in [1.165, 1.54) is 89.0 Å². The number of benzene rings is 17. The molecule has 4 aliphatic carbocycles. The molecule has 120 heavy (non-hydrogen) atoms. The molecule has 560 valence electrons. The minimum absolute atomic E-state index is 0.441. The van der Waals surface area contributed by atoms with Crippen LogP contribution in [0.1, 0.15) is 44.5 Å². The molecule has 0 saturated carbocycles. The number of fused-ring (bicyclic) bond motifs is 21. The molecule has 0 atom stereocenters. The Kier molecular flexibility index (Phi) is 15.6. The van der Waals surface area contributed by atoms with Crippen LogP contribution in [0, 0.1) is 0 Å². The Balaban J connectivity index is 0.714. The molecule has 3 heterocycles. The van der Waals surface area contributed by atoms with E-state index >= 15 is 0 Å². The quantitative estimate of drug-likeness (QED) is 0.104. The van der Waals surface area contributed by atoms with Crippen molar-refractivity contribution >= 4 is 45.2 Å². The van der Waals surface area contributed by atoms with Gasteiger partial charge < -0.3 is 18.6 Å². The van der Waals surface area contributed by atoms with Crippen molar-refractivity contribution in [3.05, 3.63) is 457 Å². The highest BCUT2D eigenvalue weighted by atomic mass is 16.4. The van der Waals surface area contributed by atoms with Crippen LogP contribution in [0.15, 0.2) is 421 Å². The molecule has 0 aliphatic heterocycles. The number of rotatable bonds is 14. The number of anilines is 6. The highest BCUT2D eigenvalue weighted by molar-refractivity contribution is 6.06. The van der Waals surface area contributed by atoms with Crippen molar-refractivity contribution in [1.82, 2.24) is 30.4 Å². The zero-order chi connectivity index (χ0) is 79.0. The normalized spacial score (nSPS) is 13.0. The lowest BCUT2D eigenvalue weighted by molar-refractivity contribution is 0.584. The van der Waals surface area contributed by atoms with Gasteiger partial charge in [0, 0.05) is 78.6 Å². The first-order chi connectivity index (χ1) is 59.5. The highest BCUT2D eigenvalue weighted by Crippen LogP contribution is 2.65. The van der Waals surface area contributed by atoms with Gasteiger partial charge in [0.05, 0.1) is 33.3 Å². The second kappa shape index (κ2) is 27.3. The van der Waals surface area contributed by atoms with Crippen molar-refractivity contribution in [1.29, 1.82) is 0 Å². The zero-order valence-corrected chi connectivity index (χ0v) is 64.7. The van der Waals surface area contributed by atoms with Gasteiger partial charge in [-0.2, -0.15) is 0 Å². The topological polar surface area (TPSA) is 110 Å². The second-order valence-electron chi connectivity index (χ2n) is 31.2. The molecule has 0 bridgehead atoms. The molecule has 0 unspecified atom stereocenters. The largest absolute Gasteiger partial charge is 0.416 e. The van der Waals surface area contributed by atoms with E-state index in [0.717, 1.165) is 112 Å². The maximum atomic E-state index is 6.27. The van der Waals surface area contributed by atoms with Gasteiger partial charge in [-0.3, -0.25) is 0 Å². The van der Waals surface area contributed by atoms with Crippen molar-refractivity contribution in [2.24, 2.45) is 0 Å². The molecule has 3 aromatic heterocycles. The highest BCUT2D eigenvalue weighted by Gasteiger charge is 2.53. The van der Waals surface area contributed by atoms with Crippen molar-refractivity contribution in [3.63, 3.8) is 0 Å². The molecule has 0 amide bonds. The molecular formula is C110H68N8O2. The Bertz CT molecular complexity index is 6880. The minimum atomic E-state index is -0.587. The summed E-state index contributed by atoms with van der Waals surface area (Å²) in [5.41, 5.74) is 36.8. The van der Waals surface area contributed by atoms with Gasteiger partial charge in [-0.15, -0.1) is 20.4 Å². The third-order valence-corrected chi connectivity index (χ3v) is 24.9. The SMILES string of the molecule is c1ccc(-c2nnc(-c3ccc(N(c4ccccc4)c4ccc(-c5nc6c(-c7ccc8c(c7)C7(c9ccccc9-c9ccccc97)c7ccccc7-8)ccc(-c7ccc8c(c7)C7(c9ccccc9-c9ccccc97)c7ccccc7-8)c6nc5-c5ccc(N(c6ccccc6)c6ccc(-c7nnc(-c8ccccc8)o7)cc6)cc5)cc4)cc3)o2)cc1. The smallest absolute Gasteiger partial charge is 0.248 e. The van der Waals surface area contributed by atoms with E-state index in [1.807, 2.05) is 84.9 Å². The van der Waals surface area contributed by atoms with Crippen LogP contribution in [0.3, 0.4) is 0 Å². The zero-order valence-electron chi connectivity index (χ0n) is 64.7. The molecule has 0 fully saturated rings. The standard InChI is InChI=1S/C110H68N8O2/c1-5-25-71(26-6-1)105-113-115-107(119-105)73-49-59-81(60-50-73)117(77-29-9-3-10-30-77)79-55-45-69(46-56-79)101-102(70-47-57-80(58-48-70)118(78-31-11-4-12-32-78)82-61-51-74(52-62-82)108-116-114-106(120-108)72-27-7-2-8-28-72)112-104-84(76-54-64-92-90-38-18-24-44-98(90)110(100(92)68-76)95-41-21-15-35-87(95)88-36-16-22-42-96(88)110)66-65-83(103(104)111-101)75-53-63-91-89-37-17-23-43-97(89)109(99(91)67-75)93-39-19-13-33-85(93)86-34-14-20-40-94(86)109/h1-68H. The van der Waals surface area contributed by atoms with Crippen LogP contribution in [-0.4, -0.2) is 30.4 Å². The molecule has 4 aliphatic rings. The van der Waals surface area contributed by atoms with Crippen molar-refractivity contribution in [2.45, 2.75) is 10.8 Å². The average molecular weight is 1530 g/mol. The van der Waals surface area contributed by atoms with Gasteiger partial charge >= 0.3 is 0 Å². The Morgan fingerprint density at radius 1 is 0.175 bits per heavy atom. The Morgan fingerprint density at radius 2 is 0.392 bits per heavy atom. The van der Waals surface area contributed by atoms with Gasteiger partial charge in [-0.25, -0.2) is 9.97 Å². The summed E-state index contributed by atoms with van der Waals surface area (Å²) in [4.78, 5) is 17.0.